The molecular weight excluding hydrogens is 424 g/mol. The summed E-state index contributed by atoms with van der Waals surface area (Å²) < 4.78 is 5.47. The number of anilines is 2. The molecule has 4 rings (SSSR count). The lowest BCUT2D eigenvalue weighted by atomic mass is 9.98. The molecular formula is C28H40N4O2. The number of morpholine rings is 1. The van der Waals surface area contributed by atoms with Gasteiger partial charge in [-0.25, -0.2) is 4.79 Å². The van der Waals surface area contributed by atoms with Crippen molar-refractivity contribution in [3.8, 4) is 0 Å². The molecule has 2 aliphatic rings. The number of hydrogen-bond acceptors (Lipinski definition) is 4. The van der Waals surface area contributed by atoms with Crippen LogP contribution in [0.1, 0.15) is 43.7 Å². The number of unbranched alkanes of at least 4 members (excludes halogenated alkanes) is 1. The average molecular weight is 465 g/mol. The topological polar surface area (TPSA) is 48.1 Å². The van der Waals surface area contributed by atoms with Gasteiger partial charge in [-0.05, 0) is 55.0 Å². The highest BCUT2D eigenvalue weighted by atomic mass is 16.5. The zero-order chi connectivity index (χ0) is 23.6. The van der Waals surface area contributed by atoms with Gasteiger partial charge in [0.1, 0.15) is 0 Å². The number of nitrogens with zero attached hydrogens (tertiary/aromatic N) is 3. The van der Waals surface area contributed by atoms with Gasteiger partial charge in [-0.2, -0.15) is 0 Å². The molecule has 1 fully saturated rings. The molecule has 0 spiro atoms. The SMILES string of the molecule is CCCCN1CCCc2cc(CN(CCCN3CCOCC3)C(=O)Nc3ccccc3)ccc21. The molecule has 2 amide bonds. The lowest BCUT2D eigenvalue weighted by molar-refractivity contribution is 0.0365. The van der Waals surface area contributed by atoms with Crippen molar-refractivity contribution in [1.82, 2.24) is 9.80 Å². The number of para-hydroxylation sites is 1. The van der Waals surface area contributed by atoms with E-state index in [1.807, 2.05) is 35.2 Å². The summed E-state index contributed by atoms with van der Waals surface area (Å²) in [4.78, 5) is 20.2. The molecule has 0 radical (unpaired) electrons. The van der Waals surface area contributed by atoms with E-state index in [2.05, 4.69) is 40.2 Å². The number of urea groups is 1. The van der Waals surface area contributed by atoms with Crippen LogP contribution in [0.3, 0.4) is 0 Å². The number of amides is 2. The van der Waals surface area contributed by atoms with Crippen LogP contribution in [0.4, 0.5) is 16.2 Å². The van der Waals surface area contributed by atoms with Crippen molar-refractivity contribution in [3.63, 3.8) is 0 Å². The summed E-state index contributed by atoms with van der Waals surface area (Å²) >= 11 is 0. The van der Waals surface area contributed by atoms with Gasteiger partial charge < -0.3 is 19.9 Å². The third kappa shape index (κ3) is 6.97. The van der Waals surface area contributed by atoms with Crippen LogP contribution in [0, 0.1) is 0 Å². The summed E-state index contributed by atoms with van der Waals surface area (Å²) in [5.74, 6) is 0. The first kappa shape index (κ1) is 24.6. The highest BCUT2D eigenvalue weighted by molar-refractivity contribution is 5.89. The minimum Gasteiger partial charge on any atom is -0.379 e. The molecule has 0 unspecified atom stereocenters. The largest absolute Gasteiger partial charge is 0.379 e. The van der Waals surface area contributed by atoms with Gasteiger partial charge in [0.25, 0.3) is 0 Å². The number of benzene rings is 2. The van der Waals surface area contributed by atoms with Crippen LogP contribution in [0.5, 0.6) is 0 Å². The third-order valence-corrected chi connectivity index (χ3v) is 6.83. The molecule has 6 nitrogen and oxygen atoms in total. The maximum absolute atomic E-state index is 13.2. The van der Waals surface area contributed by atoms with Gasteiger partial charge in [0, 0.05) is 57.2 Å². The van der Waals surface area contributed by atoms with E-state index in [1.165, 1.54) is 36.1 Å². The molecule has 1 N–H and O–H groups in total. The van der Waals surface area contributed by atoms with Crippen LogP contribution in [0.25, 0.3) is 0 Å². The van der Waals surface area contributed by atoms with Crippen LogP contribution >= 0.6 is 0 Å². The van der Waals surface area contributed by atoms with Crippen molar-refractivity contribution in [2.24, 2.45) is 0 Å². The number of ether oxygens (including phenoxy) is 1. The maximum Gasteiger partial charge on any atom is 0.322 e. The monoisotopic (exact) mass is 464 g/mol. The van der Waals surface area contributed by atoms with Crippen molar-refractivity contribution in [2.45, 2.75) is 45.6 Å². The van der Waals surface area contributed by atoms with Gasteiger partial charge in [0.15, 0.2) is 0 Å². The molecule has 0 aromatic heterocycles. The number of carbonyl (C=O) groups is 1. The van der Waals surface area contributed by atoms with Crippen molar-refractivity contribution in [3.05, 3.63) is 59.7 Å². The van der Waals surface area contributed by atoms with E-state index in [-0.39, 0.29) is 6.03 Å². The van der Waals surface area contributed by atoms with Crippen LogP contribution < -0.4 is 10.2 Å². The Morgan fingerprint density at radius 2 is 1.85 bits per heavy atom. The molecule has 34 heavy (non-hydrogen) atoms. The summed E-state index contributed by atoms with van der Waals surface area (Å²) in [7, 11) is 0. The fraction of sp³-hybridized carbons (Fsp3) is 0.536. The highest BCUT2D eigenvalue weighted by Crippen LogP contribution is 2.29. The minimum atomic E-state index is -0.0320. The first-order chi connectivity index (χ1) is 16.7. The van der Waals surface area contributed by atoms with Crippen molar-refractivity contribution in [2.75, 3.05) is 62.7 Å². The molecule has 0 bridgehead atoms. The van der Waals surface area contributed by atoms with Crippen LogP contribution in [0.2, 0.25) is 0 Å². The molecule has 6 heteroatoms. The lowest BCUT2D eigenvalue weighted by Gasteiger charge is -2.32. The first-order valence-corrected chi connectivity index (χ1v) is 13.0. The molecule has 0 atom stereocenters. The maximum atomic E-state index is 13.2. The quantitative estimate of drug-likeness (QED) is 0.538. The zero-order valence-electron chi connectivity index (χ0n) is 20.7. The van der Waals surface area contributed by atoms with Crippen molar-refractivity contribution >= 4 is 17.4 Å². The van der Waals surface area contributed by atoms with E-state index in [4.69, 9.17) is 4.74 Å². The molecule has 0 aliphatic carbocycles. The summed E-state index contributed by atoms with van der Waals surface area (Å²) in [5, 5.41) is 3.09. The number of aryl methyl sites for hydroxylation is 1. The number of hydrogen-bond donors (Lipinski definition) is 1. The van der Waals surface area contributed by atoms with E-state index in [9.17, 15) is 4.79 Å². The molecule has 1 saturated heterocycles. The van der Waals surface area contributed by atoms with Gasteiger partial charge >= 0.3 is 6.03 Å². The van der Waals surface area contributed by atoms with E-state index in [1.54, 1.807) is 0 Å². The van der Waals surface area contributed by atoms with Crippen molar-refractivity contribution in [1.29, 1.82) is 0 Å². The molecule has 2 aromatic carbocycles. The van der Waals surface area contributed by atoms with Crippen LogP contribution in [0.15, 0.2) is 48.5 Å². The Morgan fingerprint density at radius 1 is 1.03 bits per heavy atom. The molecule has 2 heterocycles. The second-order valence-electron chi connectivity index (χ2n) is 9.43. The van der Waals surface area contributed by atoms with Crippen LogP contribution in [-0.4, -0.2) is 68.3 Å². The van der Waals surface area contributed by atoms with Gasteiger partial charge in [-0.1, -0.05) is 43.7 Å². The number of carbonyl (C=O) groups excluding carboxylic acids is 1. The van der Waals surface area contributed by atoms with E-state index >= 15 is 0 Å². The number of fused-ring (bicyclic) bond motifs is 1. The van der Waals surface area contributed by atoms with Gasteiger partial charge in [-0.15, -0.1) is 0 Å². The van der Waals surface area contributed by atoms with Gasteiger partial charge in [-0.3, -0.25) is 4.90 Å². The Morgan fingerprint density at radius 3 is 2.65 bits per heavy atom. The molecule has 0 saturated carbocycles. The fourth-order valence-electron chi connectivity index (χ4n) is 4.91. The Hall–Kier alpha value is -2.57. The zero-order valence-corrected chi connectivity index (χ0v) is 20.7. The van der Waals surface area contributed by atoms with E-state index < -0.39 is 0 Å². The summed E-state index contributed by atoms with van der Waals surface area (Å²) in [6.07, 6.45) is 5.74. The van der Waals surface area contributed by atoms with Crippen LogP contribution in [-0.2, 0) is 17.7 Å². The highest BCUT2D eigenvalue weighted by Gasteiger charge is 2.19. The Kier molecular flexibility index (Phi) is 9.22. The summed E-state index contributed by atoms with van der Waals surface area (Å²) in [5.41, 5.74) is 4.86. The Bertz CT molecular complexity index is 899. The smallest absolute Gasteiger partial charge is 0.322 e. The second kappa shape index (κ2) is 12.8. The Balaban J connectivity index is 1.42. The van der Waals surface area contributed by atoms with E-state index in [0.29, 0.717) is 6.54 Å². The minimum absolute atomic E-state index is 0.0320. The van der Waals surface area contributed by atoms with Gasteiger partial charge in [0.2, 0.25) is 0 Å². The summed E-state index contributed by atoms with van der Waals surface area (Å²) in [6, 6.07) is 16.5. The first-order valence-electron chi connectivity index (χ1n) is 13.0. The van der Waals surface area contributed by atoms with Crippen molar-refractivity contribution < 1.29 is 9.53 Å². The fourth-order valence-corrected chi connectivity index (χ4v) is 4.91. The standard InChI is InChI=1S/C28H40N4O2/c1-2-3-15-31-16-7-9-25-22-24(12-13-27(25)31)23-32(17-8-14-30-18-20-34-21-19-30)28(33)29-26-10-5-4-6-11-26/h4-6,10-13,22H,2-3,7-9,14-21,23H2,1H3,(H,29,33). The van der Waals surface area contributed by atoms with E-state index in [0.717, 1.165) is 71.0 Å². The molecule has 2 aliphatic heterocycles. The normalized spacial score (nSPS) is 16.2. The summed E-state index contributed by atoms with van der Waals surface area (Å²) in [6.45, 7) is 10.5. The third-order valence-electron chi connectivity index (χ3n) is 6.83. The molecule has 2 aromatic rings. The second-order valence-corrected chi connectivity index (χ2v) is 9.43. The molecule has 184 valence electrons. The Labute approximate surface area is 204 Å². The predicted octanol–water partition coefficient (Wildman–Crippen LogP) is 5.00. The lowest BCUT2D eigenvalue weighted by Crippen LogP contribution is -2.40. The number of nitrogens with one attached hydrogen (secondary N) is 1. The van der Waals surface area contributed by atoms with Gasteiger partial charge in [0.05, 0.1) is 13.2 Å². The predicted molar refractivity (Wildman–Crippen MR) is 140 cm³/mol. The number of rotatable bonds is 10. The average Bonchev–Trinajstić information content (AvgIpc) is 2.88.